The number of hydrogen-bond donors (Lipinski definition) is 1. The molecule has 0 radical (unpaired) electrons. The molecule has 2 aromatic carbocycles. The highest BCUT2D eigenvalue weighted by molar-refractivity contribution is 5.88. The molecule has 0 saturated carbocycles. The Balaban J connectivity index is 1.22. The maximum absolute atomic E-state index is 13.7. The Hall–Kier alpha value is -3.26. The highest BCUT2D eigenvalue weighted by atomic mass is 19.2. The van der Waals surface area contributed by atoms with E-state index >= 15 is 0 Å². The van der Waals surface area contributed by atoms with Crippen LogP contribution in [0.5, 0.6) is 0 Å². The van der Waals surface area contributed by atoms with Crippen molar-refractivity contribution in [3.05, 3.63) is 70.9 Å². The summed E-state index contributed by atoms with van der Waals surface area (Å²) in [4.78, 5) is 14.5. The molecule has 6 nitrogen and oxygen atoms in total. The number of amides is 2. The normalized spacial score (nSPS) is 19.5. The number of rotatable bonds is 3. The van der Waals surface area contributed by atoms with Crippen LogP contribution in [0, 0.1) is 25.5 Å². The molecule has 2 aliphatic heterocycles. The second-order valence-electron chi connectivity index (χ2n) is 9.29. The third-order valence-electron chi connectivity index (χ3n) is 7.16. The van der Waals surface area contributed by atoms with Gasteiger partial charge in [0.15, 0.2) is 11.6 Å². The van der Waals surface area contributed by atoms with Crippen LogP contribution in [0.2, 0.25) is 0 Å². The zero-order chi connectivity index (χ0) is 23.9. The highest BCUT2D eigenvalue weighted by Gasteiger charge is 2.44. The molecule has 1 unspecified atom stereocenters. The van der Waals surface area contributed by atoms with Crippen molar-refractivity contribution < 1.29 is 22.8 Å². The molecular formula is C26H27F2N3O3. The van der Waals surface area contributed by atoms with E-state index in [-0.39, 0.29) is 17.6 Å². The lowest BCUT2D eigenvalue weighted by Gasteiger charge is -2.38. The number of halogens is 2. The van der Waals surface area contributed by atoms with Crippen LogP contribution in [0.3, 0.4) is 0 Å². The Morgan fingerprint density at radius 2 is 1.85 bits per heavy atom. The van der Waals surface area contributed by atoms with E-state index in [1.807, 2.05) is 32.0 Å². The lowest BCUT2D eigenvalue weighted by molar-refractivity contribution is -0.0355. The number of benzene rings is 2. The second-order valence-corrected chi connectivity index (χ2v) is 9.29. The van der Waals surface area contributed by atoms with Gasteiger partial charge in [0, 0.05) is 24.6 Å². The molecule has 0 aliphatic carbocycles. The van der Waals surface area contributed by atoms with Crippen LogP contribution in [0.1, 0.15) is 42.0 Å². The minimum Gasteiger partial charge on any atom is -0.374 e. The van der Waals surface area contributed by atoms with E-state index in [1.54, 1.807) is 11.0 Å². The molecule has 8 heteroatoms. The SMILES string of the molecule is Cc1noc(NC(=O)N2CCC3(CC2)CC(c2cccc(-c4ccc(F)c(F)c4)c2)CO3)c1C. The molecule has 2 fully saturated rings. The minimum absolute atomic E-state index is 0.192. The number of nitrogens with zero attached hydrogens (tertiary/aromatic N) is 2. The first-order valence-corrected chi connectivity index (χ1v) is 11.5. The maximum Gasteiger partial charge on any atom is 0.324 e. The zero-order valence-corrected chi connectivity index (χ0v) is 19.2. The van der Waals surface area contributed by atoms with E-state index < -0.39 is 11.6 Å². The minimum atomic E-state index is -0.851. The number of likely N-dealkylation sites (tertiary alicyclic amines) is 1. The Bertz CT molecular complexity index is 1220. The molecule has 1 aromatic heterocycles. The molecule has 2 aliphatic rings. The molecule has 1 spiro atoms. The molecule has 34 heavy (non-hydrogen) atoms. The third-order valence-corrected chi connectivity index (χ3v) is 7.16. The first kappa shape index (κ1) is 22.5. The molecule has 5 rings (SSSR count). The van der Waals surface area contributed by atoms with Gasteiger partial charge in [-0.2, -0.15) is 0 Å². The van der Waals surface area contributed by atoms with Crippen molar-refractivity contribution in [2.45, 2.75) is 44.6 Å². The van der Waals surface area contributed by atoms with E-state index in [4.69, 9.17) is 9.26 Å². The van der Waals surface area contributed by atoms with Gasteiger partial charge in [-0.25, -0.2) is 13.6 Å². The fourth-order valence-electron chi connectivity index (χ4n) is 4.88. The fraction of sp³-hybridized carbons (Fsp3) is 0.385. The Morgan fingerprint density at radius 1 is 1.09 bits per heavy atom. The largest absolute Gasteiger partial charge is 0.374 e. The molecule has 0 bridgehead atoms. The number of aromatic nitrogens is 1. The molecule has 178 valence electrons. The quantitative estimate of drug-likeness (QED) is 0.528. The molecule has 3 heterocycles. The molecular weight excluding hydrogens is 440 g/mol. The van der Waals surface area contributed by atoms with Gasteiger partial charge in [-0.1, -0.05) is 35.5 Å². The van der Waals surface area contributed by atoms with Crippen LogP contribution in [-0.4, -0.2) is 41.4 Å². The lowest BCUT2D eigenvalue weighted by Crippen LogP contribution is -2.47. The summed E-state index contributed by atoms with van der Waals surface area (Å²) in [5, 5.41) is 6.69. The van der Waals surface area contributed by atoms with Crippen molar-refractivity contribution >= 4 is 11.9 Å². The number of anilines is 1. The van der Waals surface area contributed by atoms with Crippen molar-refractivity contribution in [1.29, 1.82) is 0 Å². The van der Waals surface area contributed by atoms with E-state index in [0.29, 0.717) is 31.1 Å². The zero-order valence-electron chi connectivity index (χ0n) is 19.2. The van der Waals surface area contributed by atoms with Gasteiger partial charge >= 0.3 is 6.03 Å². The summed E-state index contributed by atoms with van der Waals surface area (Å²) in [6, 6.07) is 11.7. The van der Waals surface area contributed by atoms with Crippen molar-refractivity contribution in [1.82, 2.24) is 10.1 Å². The van der Waals surface area contributed by atoms with Gasteiger partial charge in [0.2, 0.25) is 5.88 Å². The van der Waals surface area contributed by atoms with Gasteiger partial charge < -0.3 is 14.2 Å². The number of piperidine rings is 1. The molecule has 1 atom stereocenters. The number of hydrogen-bond acceptors (Lipinski definition) is 4. The van der Waals surface area contributed by atoms with E-state index in [9.17, 15) is 13.6 Å². The summed E-state index contributed by atoms with van der Waals surface area (Å²) in [7, 11) is 0. The summed E-state index contributed by atoms with van der Waals surface area (Å²) < 4.78 is 38.5. The molecule has 2 amide bonds. The molecule has 1 N–H and O–H groups in total. The standard InChI is InChI=1S/C26H27F2N3O3/c1-16-17(2)30-34-24(16)29-25(32)31-10-8-26(9-11-31)14-21(15-33-26)19-5-3-4-18(12-19)20-6-7-22(27)23(28)13-20/h3-7,12-13,21H,8-11,14-15H2,1-2H3,(H,29,32). The maximum atomic E-state index is 13.7. The van der Waals surface area contributed by atoms with Crippen molar-refractivity contribution in [3.8, 4) is 11.1 Å². The van der Waals surface area contributed by atoms with Crippen molar-refractivity contribution in [2.24, 2.45) is 0 Å². The third kappa shape index (κ3) is 4.30. The monoisotopic (exact) mass is 467 g/mol. The van der Waals surface area contributed by atoms with Gasteiger partial charge in [-0.05, 0) is 61.9 Å². The van der Waals surface area contributed by atoms with Gasteiger partial charge in [-0.15, -0.1) is 0 Å². The van der Waals surface area contributed by atoms with Gasteiger partial charge in [0.05, 0.1) is 17.9 Å². The smallest absolute Gasteiger partial charge is 0.324 e. The van der Waals surface area contributed by atoms with E-state index in [1.165, 1.54) is 6.07 Å². The Labute approximate surface area is 196 Å². The number of nitrogens with one attached hydrogen (secondary N) is 1. The summed E-state index contributed by atoms with van der Waals surface area (Å²) in [5.74, 6) is -1.10. The topological polar surface area (TPSA) is 67.6 Å². The Morgan fingerprint density at radius 3 is 2.56 bits per heavy atom. The van der Waals surface area contributed by atoms with Crippen LogP contribution in [0.4, 0.5) is 19.5 Å². The van der Waals surface area contributed by atoms with Gasteiger partial charge in [0.1, 0.15) is 0 Å². The van der Waals surface area contributed by atoms with Crippen LogP contribution in [0.15, 0.2) is 47.0 Å². The number of carbonyl (C=O) groups is 1. The van der Waals surface area contributed by atoms with Gasteiger partial charge in [0.25, 0.3) is 0 Å². The van der Waals surface area contributed by atoms with E-state index in [0.717, 1.165) is 47.7 Å². The summed E-state index contributed by atoms with van der Waals surface area (Å²) >= 11 is 0. The lowest BCUT2D eigenvalue weighted by atomic mass is 9.83. The summed E-state index contributed by atoms with van der Waals surface area (Å²) in [6.07, 6.45) is 2.38. The first-order valence-electron chi connectivity index (χ1n) is 11.5. The predicted molar refractivity (Wildman–Crippen MR) is 124 cm³/mol. The van der Waals surface area contributed by atoms with Crippen LogP contribution < -0.4 is 5.32 Å². The van der Waals surface area contributed by atoms with Crippen molar-refractivity contribution in [2.75, 3.05) is 25.0 Å². The Kier molecular flexibility index (Phi) is 5.85. The number of urea groups is 1. The average molecular weight is 468 g/mol. The van der Waals surface area contributed by atoms with Crippen LogP contribution in [0.25, 0.3) is 11.1 Å². The number of aryl methyl sites for hydroxylation is 1. The fourth-order valence-corrected chi connectivity index (χ4v) is 4.88. The van der Waals surface area contributed by atoms with Gasteiger partial charge in [-0.3, -0.25) is 5.32 Å². The second kappa shape index (κ2) is 8.83. The van der Waals surface area contributed by atoms with Crippen LogP contribution >= 0.6 is 0 Å². The summed E-state index contributed by atoms with van der Waals surface area (Å²) in [6.45, 7) is 5.49. The number of ether oxygens (including phenoxy) is 1. The highest BCUT2D eigenvalue weighted by Crippen LogP contribution is 2.43. The number of carbonyl (C=O) groups excluding carboxylic acids is 1. The van der Waals surface area contributed by atoms with Crippen molar-refractivity contribution in [3.63, 3.8) is 0 Å². The summed E-state index contributed by atoms with van der Waals surface area (Å²) in [5.41, 5.74) is 3.95. The molecule has 2 saturated heterocycles. The molecule has 3 aromatic rings. The first-order chi connectivity index (χ1) is 16.3. The van der Waals surface area contributed by atoms with Crippen LogP contribution in [-0.2, 0) is 4.74 Å². The predicted octanol–water partition coefficient (Wildman–Crippen LogP) is 5.81. The average Bonchev–Trinajstić information content (AvgIpc) is 3.40. The van der Waals surface area contributed by atoms with E-state index in [2.05, 4.69) is 16.5 Å².